The number of anilines is 1. The van der Waals surface area contributed by atoms with Gasteiger partial charge in [-0.2, -0.15) is 0 Å². The summed E-state index contributed by atoms with van der Waals surface area (Å²) in [5, 5.41) is 7.84. The van der Waals surface area contributed by atoms with Crippen molar-refractivity contribution in [2.24, 2.45) is 0 Å². The monoisotopic (exact) mass is 406 g/mol. The number of urea groups is 1. The first-order chi connectivity index (χ1) is 13.0. The van der Waals surface area contributed by atoms with Gasteiger partial charge in [0.25, 0.3) is 0 Å². The number of hydrogen-bond acceptors (Lipinski definition) is 6. The molecule has 1 aliphatic heterocycles. The van der Waals surface area contributed by atoms with Crippen LogP contribution in [0.1, 0.15) is 19.5 Å². The molecule has 1 aromatic carbocycles. The third-order valence-corrected chi connectivity index (χ3v) is 6.19. The first kappa shape index (κ1) is 20.1. The summed E-state index contributed by atoms with van der Waals surface area (Å²) in [6.45, 7) is 9.42. The molecule has 2 amide bonds. The van der Waals surface area contributed by atoms with Crippen molar-refractivity contribution in [3.8, 4) is 0 Å². The molecule has 0 unspecified atom stereocenters. The number of benzene rings is 1. The number of morpholine rings is 1. The standard InChI is InChI=1S/C19H26N4O2S2/c1-13-12-26-19(21-13)27-17-6-4-16(5-7-17)22-18(24)20-8-9-23-10-14(2)25-15(3)11-23/h4-7,12,14-15H,8-11H2,1-3H3,(H2,20,22,24)/t14-,15-/m1/s1. The van der Waals surface area contributed by atoms with Crippen molar-refractivity contribution < 1.29 is 9.53 Å². The van der Waals surface area contributed by atoms with Gasteiger partial charge in [-0.05, 0) is 45.0 Å². The Kier molecular flexibility index (Phi) is 7.12. The molecule has 2 atom stereocenters. The van der Waals surface area contributed by atoms with Gasteiger partial charge in [0.1, 0.15) is 0 Å². The van der Waals surface area contributed by atoms with E-state index >= 15 is 0 Å². The molecule has 27 heavy (non-hydrogen) atoms. The summed E-state index contributed by atoms with van der Waals surface area (Å²) in [4.78, 5) is 20.0. The molecule has 146 valence electrons. The fourth-order valence-electron chi connectivity index (χ4n) is 3.06. The molecular formula is C19H26N4O2S2. The Morgan fingerprint density at radius 3 is 2.63 bits per heavy atom. The van der Waals surface area contributed by atoms with Gasteiger partial charge in [0.05, 0.1) is 12.2 Å². The predicted octanol–water partition coefficient (Wildman–Crippen LogP) is 3.83. The quantitative estimate of drug-likeness (QED) is 0.763. The van der Waals surface area contributed by atoms with Crippen LogP contribution in [-0.4, -0.2) is 54.3 Å². The minimum atomic E-state index is -0.180. The molecule has 0 spiro atoms. The summed E-state index contributed by atoms with van der Waals surface area (Å²) in [6.07, 6.45) is 0.486. The highest BCUT2D eigenvalue weighted by Gasteiger charge is 2.21. The number of nitrogens with one attached hydrogen (secondary N) is 2. The molecule has 2 N–H and O–H groups in total. The van der Waals surface area contributed by atoms with Gasteiger partial charge in [0.2, 0.25) is 0 Å². The molecular weight excluding hydrogens is 380 g/mol. The maximum Gasteiger partial charge on any atom is 0.319 e. The molecule has 2 heterocycles. The van der Waals surface area contributed by atoms with E-state index in [0.717, 1.165) is 40.3 Å². The maximum atomic E-state index is 12.1. The number of rotatable bonds is 6. The molecule has 6 nitrogen and oxygen atoms in total. The molecule has 1 aromatic heterocycles. The van der Waals surface area contributed by atoms with Gasteiger partial charge in [-0.15, -0.1) is 11.3 Å². The summed E-state index contributed by atoms with van der Waals surface area (Å²) >= 11 is 3.27. The van der Waals surface area contributed by atoms with Gasteiger partial charge in [-0.25, -0.2) is 9.78 Å². The van der Waals surface area contributed by atoms with E-state index in [9.17, 15) is 4.79 Å². The second kappa shape index (κ2) is 9.54. The normalized spacial score (nSPS) is 20.4. The lowest BCUT2D eigenvalue weighted by atomic mass is 10.2. The van der Waals surface area contributed by atoms with Crippen molar-refractivity contribution >= 4 is 34.8 Å². The Morgan fingerprint density at radius 2 is 2.00 bits per heavy atom. The number of aromatic nitrogens is 1. The number of carbonyl (C=O) groups excluding carboxylic acids is 1. The van der Waals surface area contributed by atoms with Crippen molar-refractivity contribution in [1.82, 2.24) is 15.2 Å². The minimum Gasteiger partial charge on any atom is -0.373 e. The van der Waals surface area contributed by atoms with Crippen LogP contribution in [0.2, 0.25) is 0 Å². The van der Waals surface area contributed by atoms with E-state index in [2.05, 4.69) is 34.4 Å². The first-order valence-electron chi connectivity index (χ1n) is 9.10. The minimum absolute atomic E-state index is 0.180. The molecule has 8 heteroatoms. The van der Waals surface area contributed by atoms with Crippen LogP contribution in [0.25, 0.3) is 0 Å². The van der Waals surface area contributed by atoms with Crippen LogP contribution in [0.15, 0.2) is 38.9 Å². The number of amides is 2. The molecule has 0 aliphatic carbocycles. The fraction of sp³-hybridized carbons (Fsp3) is 0.474. The van der Waals surface area contributed by atoms with Gasteiger partial charge < -0.3 is 15.4 Å². The van der Waals surface area contributed by atoms with Crippen LogP contribution in [0.5, 0.6) is 0 Å². The SMILES string of the molecule is Cc1csc(Sc2ccc(NC(=O)NCCN3C[C@@H](C)O[C@H](C)C3)cc2)n1. The van der Waals surface area contributed by atoms with Crippen LogP contribution in [0.4, 0.5) is 10.5 Å². The number of carbonyl (C=O) groups is 1. The second-order valence-electron chi connectivity index (χ2n) is 6.78. The Balaban J connectivity index is 1.40. The van der Waals surface area contributed by atoms with E-state index in [1.54, 1.807) is 23.1 Å². The first-order valence-corrected chi connectivity index (χ1v) is 10.8. The number of nitrogens with zero attached hydrogens (tertiary/aromatic N) is 2. The van der Waals surface area contributed by atoms with E-state index < -0.39 is 0 Å². The van der Waals surface area contributed by atoms with Crippen molar-refractivity contribution in [3.05, 3.63) is 35.3 Å². The molecule has 0 bridgehead atoms. The Hall–Kier alpha value is -1.61. The lowest BCUT2D eigenvalue weighted by molar-refractivity contribution is -0.0672. The largest absolute Gasteiger partial charge is 0.373 e. The van der Waals surface area contributed by atoms with Crippen molar-refractivity contribution in [3.63, 3.8) is 0 Å². The van der Waals surface area contributed by atoms with Crippen LogP contribution in [-0.2, 0) is 4.74 Å². The van der Waals surface area contributed by atoms with Gasteiger partial charge in [-0.3, -0.25) is 4.90 Å². The zero-order chi connectivity index (χ0) is 19.2. The molecule has 0 saturated carbocycles. The van der Waals surface area contributed by atoms with Gasteiger partial charge in [0.15, 0.2) is 4.34 Å². The number of hydrogen-bond donors (Lipinski definition) is 2. The highest BCUT2D eigenvalue weighted by Crippen LogP contribution is 2.30. The smallest absolute Gasteiger partial charge is 0.319 e. The van der Waals surface area contributed by atoms with Crippen molar-refractivity contribution in [2.45, 2.75) is 42.2 Å². The predicted molar refractivity (Wildman–Crippen MR) is 111 cm³/mol. The van der Waals surface area contributed by atoms with Crippen LogP contribution in [0, 0.1) is 6.92 Å². The lowest BCUT2D eigenvalue weighted by Gasteiger charge is -2.35. The highest BCUT2D eigenvalue weighted by atomic mass is 32.2. The second-order valence-corrected chi connectivity index (χ2v) is 8.96. The fourth-order valence-corrected chi connectivity index (χ4v) is 4.87. The van der Waals surface area contributed by atoms with Gasteiger partial charge in [-0.1, -0.05) is 11.8 Å². The molecule has 1 aliphatic rings. The van der Waals surface area contributed by atoms with E-state index in [4.69, 9.17) is 4.74 Å². The number of ether oxygens (including phenoxy) is 1. The van der Waals surface area contributed by atoms with Gasteiger partial charge >= 0.3 is 6.03 Å². The van der Waals surface area contributed by atoms with Crippen molar-refractivity contribution in [1.29, 1.82) is 0 Å². The number of thiazole rings is 1. The molecule has 2 aromatic rings. The summed E-state index contributed by atoms with van der Waals surface area (Å²) in [6, 6.07) is 7.63. The number of aryl methyl sites for hydroxylation is 1. The molecule has 1 saturated heterocycles. The third kappa shape index (κ3) is 6.49. The van der Waals surface area contributed by atoms with Crippen LogP contribution >= 0.6 is 23.1 Å². The third-order valence-electron chi connectivity index (χ3n) is 4.12. The van der Waals surface area contributed by atoms with Crippen LogP contribution < -0.4 is 10.6 Å². The maximum absolute atomic E-state index is 12.1. The highest BCUT2D eigenvalue weighted by molar-refractivity contribution is 8.01. The summed E-state index contributed by atoms with van der Waals surface area (Å²) < 4.78 is 6.75. The molecule has 0 radical (unpaired) electrons. The lowest BCUT2D eigenvalue weighted by Crippen LogP contribution is -2.48. The molecule has 3 rings (SSSR count). The van der Waals surface area contributed by atoms with Crippen LogP contribution in [0.3, 0.4) is 0 Å². The topological polar surface area (TPSA) is 66.5 Å². The Bertz CT molecular complexity index is 740. The summed E-state index contributed by atoms with van der Waals surface area (Å²) in [5.41, 5.74) is 1.82. The van der Waals surface area contributed by atoms with Crippen molar-refractivity contribution in [2.75, 3.05) is 31.5 Å². The Labute approximate surface area is 168 Å². The van der Waals surface area contributed by atoms with E-state index in [1.807, 2.05) is 36.6 Å². The Morgan fingerprint density at radius 1 is 1.30 bits per heavy atom. The average molecular weight is 407 g/mol. The van der Waals surface area contributed by atoms with E-state index in [-0.39, 0.29) is 18.2 Å². The van der Waals surface area contributed by atoms with E-state index in [1.165, 1.54) is 0 Å². The average Bonchev–Trinajstić information content (AvgIpc) is 3.01. The summed E-state index contributed by atoms with van der Waals surface area (Å²) in [5.74, 6) is 0. The zero-order valence-corrected chi connectivity index (χ0v) is 17.5. The zero-order valence-electron chi connectivity index (χ0n) is 15.9. The van der Waals surface area contributed by atoms with Gasteiger partial charge in [0, 0.05) is 47.8 Å². The molecule has 1 fully saturated rings. The summed E-state index contributed by atoms with van der Waals surface area (Å²) in [7, 11) is 0. The van der Waals surface area contributed by atoms with E-state index in [0.29, 0.717) is 6.54 Å².